The van der Waals surface area contributed by atoms with Crippen LogP contribution in [-0.4, -0.2) is 80.8 Å². The molecule has 41 heavy (non-hydrogen) atoms. The quantitative estimate of drug-likeness (QED) is 0.287. The van der Waals surface area contributed by atoms with Crippen molar-refractivity contribution in [2.75, 3.05) is 32.8 Å². The van der Waals surface area contributed by atoms with Crippen molar-refractivity contribution in [3.63, 3.8) is 0 Å². The number of rotatable bonds is 10. The summed E-state index contributed by atoms with van der Waals surface area (Å²) >= 11 is 1.85. The molecule has 1 spiro atoms. The smallest absolute Gasteiger partial charge is 0.243 e. The Balaban J connectivity index is 1.06. The first-order valence-electron chi connectivity index (χ1n) is 14.1. The number of benzene rings is 1. The Kier molecular flexibility index (Phi) is 8.38. The highest BCUT2D eigenvalue weighted by atomic mass is 32.2. The topological polar surface area (TPSA) is 110 Å². The molecule has 0 radical (unpaired) electrons. The minimum Gasteiger partial charge on any atom is -0.372 e. The molecule has 1 aromatic carbocycles. The van der Waals surface area contributed by atoms with E-state index in [1.165, 1.54) is 14.7 Å². The van der Waals surface area contributed by atoms with Gasteiger partial charge in [-0.3, -0.25) is 9.80 Å². The molecule has 0 atom stereocenters. The van der Waals surface area contributed by atoms with Gasteiger partial charge in [0.2, 0.25) is 10.0 Å². The van der Waals surface area contributed by atoms with Crippen molar-refractivity contribution >= 4 is 21.4 Å². The summed E-state index contributed by atoms with van der Waals surface area (Å²) in [5, 5.41) is 2.18. The van der Waals surface area contributed by atoms with E-state index in [1.807, 2.05) is 23.5 Å². The van der Waals surface area contributed by atoms with Crippen LogP contribution in [-0.2, 0) is 40.9 Å². The molecule has 0 aliphatic carbocycles. The SMILES string of the molecule is Cc1ccsc1CN1CCOC2(CCN(Cc3ccc(S(=O)(=O)N(Cc4ncc[nH]4)Cc4ncc[nH]4)cc3)CC2)C1. The second kappa shape index (κ2) is 12.2. The first-order chi connectivity index (χ1) is 19.9. The third-order valence-corrected chi connectivity index (χ3v) is 11.0. The molecule has 3 aromatic heterocycles. The standard InChI is InChI=1S/C29H37N7O3S2/c1-23-6-17-40-26(23)19-35-15-16-39-29(22-35)7-13-34(14-8-29)18-24-2-4-25(5-3-24)41(37,38)36(20-27-30-9-10-31-27)21-28-32-11-12-33-28/h2-6,9-12,17H,7-8,13-16,18-22H2,1H3,(H,30,31)(H,32,33). The number of nitrogens with one attached hydrogen (secondary N) is 2. The fourth-order valence-electron chi connectivity index (χ4n) is 5.75. The van der Waals surface area contributed by atoms with Gasteiger partial charge in [0.05, 0.1) is 30.2 Å². The van der Waals surface area contributed by atoms with Gasteiger partial charge in [-0.15, -0.1) is 11.3 Å². The Bertz CT molecular complexity index is 1460. The number of sulfonamides is 1. The average Bonchev–Trinajstić information content (AvgIpc) is 3.76. The summed E-state index contributed by atoms with van der Waals surface area (Å²) in [7, 11) is -3.77. The van der Waals surface area contributed by atoms with Gasteiger partial charge in [0.15, 0.2) is 0 Å². The number of nitrogens with zero attached hydrogens (tertiary/aromatic N) is 5. The molecule has 2 N–H and O–H groups in total. The van der Waals surface area contributed by atoms with Gasteiger partial charge in [0, 0.05) is 68.9 Å². The third kappa shape index (κ3) is 6.63. The van der Waals surface area contributed by atoms with Crippen molar-refractivity contribution < 1.29 is 13.2 Å². The number of aromatic nitrogens is 4. The zero-order valence-electron chi connectivity index (χ0n) is 23.3. The lowest BCUT2D eigenvalue weighted by Crippen LogP contribution is -2.56. The molecule has 2 aliphatic heterocycles. The molecule has 2 fully saturated rings. The van der Waals surface area contributed by atoms with Crippen LogP contribution in [0.2, 0.25) is 0 Å². The lowest BCUT2D eigenvalue weighted by Gasteiger charge is -2.47. The van der Waals surface area contributed by atoms with Gasteiger partial charge in [0.1, 0.15) is 11.6 Å². The van der Waals surface area contributed by atoms with E-state index in [-0.39, 0.29) is 23.6 Å². The van der Waals surface area contributed by atoms with Crippen molar-refractivity contribution in [1.82, 2.24) is 34.0 Å². The van der Waals surface area contributed by atoms with E-state index < -0.39 is 10.0 Å². The van der Waals surface area contributed by atoms with E-state index in [2.05, 4.69) is 48.1 Å². The van der Waals surface area contributed by atoms with E-state index in [1.54, 1.807) is 36.9 Å². The summed E-state index contributed by atoms with van der Waals surface area (Å²) in [5.41, 5.74) is 2.42. The van der Waals surface area contributed by atoms with Crippen molar-refractivity contribution in [3.05, 3.63) is 88.2 Å². The van der Waals surface area contributed by atoms with Crippen molar-refractivity contribution in [2.24, 2.45) is 0 Å². The Hall–Kier alpha value is -2.87. The third-order valence-electron chi connectivity index (χ3n) is 8.16. The average molecular weight is 596 g/mol. The van der Waals surface area contributed by atoms with Crippen LogP contribution in [0.15, 0.2) is 65.4 Å². The van der Waals surface area contributed by atoms with E-state index in [0.717, 1.165) is 64.3 Å². The highest BCUT2D eigenvalue weighted by Crippen LogP contribution is 2.32. The molecule has 2 aliphatic rings. The molecule has 0 amide bonds. The molecule has 4 aromatic rings. The second-order valence-corrected chi connectivity index (χ2v) is 14.0. The number of ether oxygens (including phenoxy) is 1. The highest BCUT2D eigenvalue weighted by Gasteiger charge is 2.39. The molecule has 2 saturated heterocycles. The number of H-pyrrole nitrogens is 2. The lowest BCUT2D eigenvalue weighted by molar-refractivity contribution is -0.138. The molecule has 10 nitrogen and oxygen atoms in total. The van der Waals surface area contributed by atoms with Gasteiger partial charge in [-0.05, 0) is 54.5 Å². The fourth-order valence-corrected chi connectivity index (χ4v) is 8.06. The number of imidazole rings is 2. The highest BCUT2D eigenvalue weighted by molar-refractivity contribution is 7.89. The predicted octanol–water partition coefficient (Wildman–Crippen LogP) is 3.76. The summed E-state index contributed by atoms with van der Waals surface area (Å²) in [5.74, 6) is 1.15. The van der Waals surface area contributed by atoms with E-state index >= 15 is 0 Å². The van der Waals surface area contributed by atoms with Crippen molar-refractivity contribution in [2.45, 2.75) is 56.4 Å². The van der Waals surface area contributed by atoms with E-state index in [0.29, 0.717) is 11.6 Å². The summed E-state index contributed by atoms with van der Waals surface area (Å²) in [4.78, 5) is 21.1. The number of piperidine rings is 1. The molecular weight excluding hydrogens is 558 g/mol. The summed E-state index contributed by atoms with van der Waals surface area (Å²) in [6.45, 7) is 8.93. The zero-order valence-corrected chi connectivity index (χ0v) is 25.0. The van der Waals surface area contributed by atoms with Gasteiger partial charge in [-0.1, -0.05) is 12.1 Å². The lowest BCUT2D eigenvalue weighted by atomic mass is 9.89. The first-order valence-corrected chi connectivity index (χ1v) is 16.4. The van der Waals surface area contributed by atoms with Gasteiger partial charge in [-0.2, -0.15) is 4.31 Å². The molecule has 12 heteroatoms. The number of aromatic amines is 2. The van der Waals surface area contributed by atoms with Crippen LogP contribution in [0.3, 0.4) is 0 Å². The molecule has 218 valence electrons. The zero-order chi connectivity index (χ0) is 28.3. The first kappa shape index (κ1) is 28.3. The number of aryl methyl sites for hydroxylation is 1. The van der Waals surface area contributed by atoms with Gasteiger partial charge in [-0.25, -0.2) is 18.4 Å². The molecule has 6 rings (SSSR count). The second-order valence-electron chi connectivity index (χ2n) is 11.0. The van der Waals surface area contributed by atoms with Gasteiger partial charge >= 0.3 is 0 Å². The number of morpholine rings is 1. The number of hydrogen-bond donors (Lipinski definition) is 2. The van der Waals surface area contributed by atoms with Crippen LogP contribution in [0.1, 0.15) is 40.5 Å². The minimum absolute atomic E-state index is 0.0662. The Morgan fingerprint density at radius 2 is 1.63 bits per heavy atom. The molecule has 0 bridgehead atoms. The maximum absolute atomic E-state index is 13.6. The Labute approximate surface area is 245 Å². The number of thiophene rings is 1. The predicted molar refractivity (Wildman–Crippen MR) is 158 cm³/mol. The fraction of sp³-hybridized carbons (Fsp3) is 0.448. The number of likely N-dealkylation sites (tertiary alicyclic amines) is 1. The van der Waals surface area contributed by atoms with Crippen LogP contribution in [0.5, 0.6) is 0 Å². The molecule has 5 heterocycles. The minimum atomic E-state index is -3.77. The van der Waals surface area contributed by atoms with E-state index in [9.17, 15) is 8.42 Å². The van der Waals surface area contributed by atoms with Crippen molar-refractivity contribution in [3.8, 4) is 0 Å². The van der Waals surface area contributed by atoms with Crippen molar-refractivity contribution in [1.29, 1.82) is 0 Å². The van der Waals surface area contributed by atoms with Crippen LogP contribution >= 0.6 is 11.3 Å². The van der Waals surface area contributed by atoms with Crippen LogP contribution in [0.25, 0.3) is 0 Å². The Morgan fingerprint density at radius 3 is 2.22 bits per heavy atom. The summed E-state index contributed by atoms with van der Waals surface area (Å²) in [6, 6.07) is 9.48. The van der Waals surface area contributed by atoms with E-state index in [4.69, 9.17) is 4.74 Å². The monoisotopic (exact) mass is 595 g/mol. The van der Waals surface area contributed by atoms with Gasteiger partial charge in [0.25, 0.3) is 0 Å². The molecule has 0 unspecified atom stereocenters. The van der Waals surface area contributed by atoms with Crippen LogP contribution in [0.4, 0.5) is 0 Å². The number of hydrogen-bond acceptors (Lipinski definition) is 8. The maximum atomic E-state index is 13.6. The largest absolute Gasteiger partial charge is 0.372 e. The summed E-state index contributed by atoms with van der Waals surface area (Å²) in [6.07, 6.45) is 8.63. The molecular formula is C29H37N7O3S2. The maximum Gasteiger partial charge on any atom is 0.243 e. The van der Waals surface area contributed by atoms with Crippen LogP contribution in [0, 0.1) is 6.92 Å². The Morgan fingerprint density at radius 1 is 0.951 bits per heavy atom. The molecule has 0 saturated carbocycles. The summed E-state index contributed by atoms with van der Waals surface area (Å²) < 4.78 is 35.0. The van der Waals surface area contributed by atoms with Gasteiger partial charge < -0.3 is 14.7 Å². The van der Waals surface area contributed by atoms with Crippen LogP contribution < -0.4 is 0 Å². The normalized spacial score (nSPS) is 18.4.